The van der Waals surface area contributed by atoms with Crippen molar-refractivity contribution in [3.8, 4) is 22.3 Å². The van der Waals surface area contributed by atoms with Crippen molar-refractivity contribution in [2.45, 2.75) is 24.9 Å². The second-order valence-electron chi connectivity index (χ2n) is 9.72. The van der Waals surface area contributed by atoms with Gasteiger partial charge in [0.2, 0.25) is 0 Å². The summed E-state index contributed by atoms with van der Waals surface area (Å²) in [6.45, 7) is 2.03. The number of fused-ring (bicyclic) bond motifs is 1. The standard InChI is InChI=1S/C29H24F3NO2.CH4O3S/c30-29(31,32)25-8-5-19(6-9-25)22-7-10-26-23(15-22)16-24(28(34)35)17-27(26)21-3-1-18(2-4-21)20-11-13-33-14-12-20;1-5(2,3)4/h1-10,15-17,20,33H,11-14H2,(H,34,35);1H3,(H,2,3,4). The molecule has 0 unspecified atom stereocenters. The predicted octanol–water partition coefficient (Wildman–Crippen LogP) is 6.86. The summed E-state index contributed by atoms with van der Waals surface area (Å²) < 4.78 is 64.7. The molecule has 40 heavy (non-hydrogen) atoms. The normalized spacial score (nSPS) is 14.4. The summed E-state index contributed by atoms with van der Waals surface area (Å²) in [5, 5.41) is 14.7. The zero-order chi connectivity index (χ0) is 29.1. The maximum absolute atomic E-state index is 12.9. The molecule has 0 spiro atoms. The van der Waals surface area contributed by atoms with E-state index in [-0.39, 0.29) is 5.56 Å². The fraction of sp³-hybridized carbons (Fsp3) is 0.233. The Labute approximate surface area is 230 Å². The number of hydrogen-bond donors (Lipinski definition) is 3. The molecular weight excluding hydrogens is 543 g/mol. The van der Waals surface area contributed by atoms with Crippen molar-refractivity contribution in [1.82, 2.24) is 5.32 Å². The fourth-order valence-electron chi connectivity index (χ4n) is 4.85. The van der Waals surface area contributed by atoms with Gasteiger partial charge in [0.1, 0.15) is 0 Å². The van der Waals surface area contributed by atoms with Crippen molar-refractivity contribution in [2.75, 3.05) is 19.3 Å². The van der Waals surface area contributed by atoms with Crippen LogP contribution >= 0.6 is 0 Å². The lowest BCUT2D eigenvalue weighted by atomic mass is 9.88. The fourth-order valence-corrected chi connectivity index (χ4v) is 4.85. The minimum Gasteiger partial charge on any atom is -0.478 e. The second kappa shape index (κ2) is 11.8. The van der Waals surface area contributed by atoms with Gasteiger partial charge in [0.15, 0.2) is 0 Å². The molecule has 3 N–H and O–H groups in total. The van der Waals surface area contributed by atoms with Gasteiger partial charge in [-0.05, 0) is 101 Å². The molecule has 5 rings (SSSR count). The highest BCUT2D eigenvalue weighted by atomic mass is 32.2. The third kappa shape index (κ3) is 7.47. The van der Waals surface area contributed by atoms with E-state index >= 15 is 0 Å². The molecule has 1 aliphatic heterocycles. The van der Waals surface area contributed by atoms with Crippen LogP contribution in [0.5, 0.6) is 0 Å². The largest absolute Gasteiger partial charge is 0.478 e. The summed E-state index contributed by atoms with van der Waals surface area (Å²) >= 11 is 0. The van der Waals surface area contributed by atoms with Crippen LogP contribution in [0.2, 0.25) is 0 Å². The van der Waals surface area contributed by atoms with E-state index in [1.807, 2.05) is 30.3 Å². The number of benzene rings is 4. The molecule has 4 aromatic rings. The zero-order valence-electron chi connectivity index (χ0n) is 21.6. The average molecular weight is 572 g/mol. The molecule has 210 valence electrons. The van der Waals surface area contributed by atoms with Gasteiger partial charge in [0, 0.05) is 0 Å². The summed E-state index contributed by atoms with van der Waals surface area (Å²) in [4.78, 5) is 11.9. The number of alkyl halides is 3. The summed E-state index contributed by atoms with van der Waals surface area (Å²) in [6, 6.07) is 22.2. The monoisotopic (exact) mass is 571 g/mol. The minimum atomic E-state index is -4.39. The Morgan fingerprint density at radius 1 is 0.850 bits per heavy atom. The third-order valence-electron chi connectivity index (χ3n) is 6.78. The van der Waals surface area contributed by atoms with Crippen molar-refractivity contribution in [2.24, 2.45) is 0 Å². The summed E-state index contributed by atoms with van der Waals surface area (Å²) in [5.41, 5.74) is 3.85. The molecule has 0 bridgehead atoms. The van der Waals surface area contributed by atoms with E-state index in [9.17, 15) is 31.5 Å². The first-order valence-corrected chi connectivity index (χ1v) is 14.4. The molecule has 0 amide bonds. The Kier molecular flexibility index (Phi) is 8.62. The number of aromatic carboxylic acids is 1. The van der Waals surface area contributed by atoms with Gasteiger partial charge in [-0.2, -0.15) is 21.6 Å². The van der Waals surface area contributed by atoms with E-state index in [0.717, 1.165) is 65.5 Å². The van der Waals surface area contributed by atoms with Crippen LogP contribution in [0.1, 0.15) is 40.2 Å². The molecular formula is C30H28F3NO5S. The van der Waals surface area contributed by atoms with Crippen molar-refractivity contribution in [1.29, 1.82) is 0 Å². The number of piperidine rings is 1. The van der Waals surface area contributed by atoms with Crippen LogP contribution in [0.15, 0.2) is 78.9 Å². The number of carboxylic acids is 1. The summed E-state index contributed by atoms with van der Waals surface area (Å²) in [7, 11) is -3.67. The molecule has 0 radical (unpaired) electrons. The Balaban J connectivity index is 0.000000681. The van der Waals surface area contributed by atoms with Gasteiger partial charge in [-0.1, -0.05) is 48.5 Å². The van der Waals surface area contributed by atoms with E-state index in [2.05, 4.69) is 17.4 Å². The lowest BCUT2D eigenvalue weighted by Crippen LogP contribution is -2.26. The van der Waals surface area contributed by atoms with E-state index < -0.39 is 27.8 Å². The molecule has 1 fully saturated rings. The topological polar surface area (TPSA) is 104 Å². The van der Waals surface area contributed by atoms with Crippen molar-refractivity contribution in [3.05, 3.63) is 95.6 Å². The SMILES string of the molecule is CS(=O)(=O)O.O=C(O)c1cc(-c2ccc(C3CCNCC3)cc2)c2ccc(-c3ccc(C(F)(F)F)cc3)cc2c1. The summed E-state index contributed by atoms with van der Waals surface area (Å²) in [6.07, 6.45) is -1.48. The average Bonchev–Trinajstić information content (AvgIpc) is 2.91. The molecule has 1 aliphatic rings. The smallest absolute Gasteiger partial charge is 0.416 e. The maximum atomic E-state index is 12.9. The predicted molar refractivity (Wildman–Crippen MR) is 149 cm³/mol. The van der Waals surface area contributed by atoms with Crippen LogP contribution in [-0.2, 0) is 16.3 Å². The lowest BCUT2D eigenvalue weighted by Gasteiger charge is -2.23. The first-order chi connectivity index (χ1) is 18.8. The minimum absolute atomic E-state index is 0.166. The van der Waals surface area contributed by atoms with Crippen LogP contribution in [0.25, 0.3) is 33.0 Å². The maximum Gasteiger partial charge on any atom is 0.416 e. The van der Waals surface area contributed by atoms with Gasteiger partial charge in [0.05, 0.1) is 17.4 Å². The van der Waals surface area contributed by atoms with E-state index in [4.69, 9.17) is 4.55 Å². The zero-order valence-corrected chi connectivity index (χ0v) is 22.4. The number of nitrogens with one attached hydrogen (secondary N) is 1. The highest BCUT2D eigenvalue weighted by molar-refractivity contribution is 7.85. The Bertz CT molecular complexity index is 1600. The van der Waals surface area contributed by atoms with Crippen molar-refractivity contribution in [3.63, 3.8) is 0 Å². The first-order valence-electron chi connectivity index (χ1n) is 12.5. The Morgan fingerprint density at radius 2 is 1.40 bits per heavy atom. The van der Waals surface area contributed by atoms with Crippen LogP contribution in [0.3, 0.4) is 0 Å². The van der Waals surface area contributed by atoms with E-state index in [1.54, 1.807) is 12.1 Å². The molecule has 0 aromatic heterocycles. The van der Waals surface area contributed by atoms with Gasteiger partial charge in [-0.15, -0.1) is 0 Å². The third-order valence-corrected chi connectivity index (χ3v) is 6.78. The molecule has 0 atom stereocenters. The second-order valence-corrected chi connectivity index (χ2v) is 11.2. The number of rotatable bonds is 4. The van der Waals surface area contributed by atoms with E-state index in [1.165, 1.54) is 17.7 Å². The number of halogens is 3. The highest BCUT2D eigenvalue weighted by Gasteiger charge is 2.30. The molecule has 10 heteroatoms. The molecule has 1 heterocycles. The first kappa shape index (κ1) is 29.3. The van der Waals surface area contributed by atoms with Crippen LogP contribution in [-0.4, -0.2) is 43.4 Å². The van der Waals surface area contributed by atoms with E-state index in [0.29, 0.717) is 17.7 Å². The van der Waals surface area contributed by atoms with Gasteiger partial charge in [-0.25, -0.2) is 4.79 Å². The van der Waals surface area contributed by atoms with Gasteiger partial charge >= 0.3 is 12.1 Å². The molecule has 0 aliphatic carbocycles. The lowest BCUT2D eigenvalue weighted by molar-refractivity contribution is -0.137. The Hall–Kier alpha value is -3.73. The van der Waals surface area contributed by atoms with Crippen LogP contribution in [0.4, 0.5) is 13.2 Å². The number of hydrogen-bond acceptors (Lipinski definition) is 4. The van der Waals surface area contributed by atoms with Crippen LogP contribution < -0.4 is 5.32 Å². The molecule has 4 aromatic carbocycles. The van der Waals surface area contributed by atoms with Crippen molar-refractivity contribution >= 4 is 26.9 Å². The molecule has 1 saturated heterocycles. The quantitative estimate of drug-likeness (QED) is 0.231. The van der Waals surface area contributed by atoms with Gasteiger partial charge in [0.25, 0.3) is 10.1 Å². The summed E-state index contributed by atoms with van der Waals surface area (Å²) in [5.74, 6) is -0.502. The number of carboxylic acid groups (broad SMARTS) is 1. The van der Waals surface area contributed by atoms with Crippen LogP contribution in [0, 0.1) is 0 Å². The molecule has 6 nitrogen and oxygen atoms in total. The van der Waals surface area contributed by atoms with Gasteiger partial charge < -0.3 is 10.4 Å². The number of carbonyl (C=O) groups is 1. The molecule has 0 saturated carbocycles. The van der Waals surface area contributed by atoms with Crippen molar-refractivity contribution < 1.29 is 36.0 Å². The highest BCUT2D eigenvalue weighted by Crippen LogP contribution is 2.36. The Morgan fingerprint density at radius 3 is 1.95 bits per heavy atom. The van der Waals surface area contributed by atoms with Gasteiger partial charge in [-0.3, -0.25) is 4.55 Å².